The van der Waals surface area contributed by atoms with Crippen molar-refractivity contribution in [2.24, 2.45) is 0 Å². The summed E-state index contributed by atoms with van der Waals surface area (Å²) in [6.45, 7) is 0. The molecule has 1 aromatic carbocycles. The van der Waals surface area contributed by atoms with E-state index in [-0.39, 0.29) is 11.6 Å². The Morgan fingerprint density at radius 1 is 1.64 bits per heavy atom. The highest BCUT2D eigenvalue weighted by Gasteiger charge is 2.38. The van der Waals surface area contributed by atoms with E-state index < -0.39 is 15.6 Å². The Morgan fingerprint density at radius 3 is 3.00 bits per heavy atom. The lowest BCUT2D eigenvalue weighted by Crippen LogP contribution is -2.37. The SMILES string of the molecule is COc1cccc2c1S(=O)C[N+]2([O-])O. The second-order valence-corrected chi connectivity index (χ2v) is 4.34. The molecule has 76 valence electrons. The number of hydrogen-bond donors (Lipinski definition) is 1. The van der Waals surface area contributed by atoms with Gasteiger partial charge >= 0.3 is 0 Å². The van der Waals surface area contributed by atoms with Crippen molar-refractivity contribution in [3.63, 3.8) is 0 Å². The summed E-state index contributed by atoms with van der Waals surface area (Å²) in [6, 6.07) is 4.65. The minimum absolute atomic E-state index is 0.0997. The molecule has 0 aliphatic carbocycles. The number of quaternary nitrogens is 1. The zero-order chi connectivity index (χ0) is 10.3. The monoisotopic (exact) mass is 215 g/mol. The van der Waals surface area contributed by atoms with Crippen molar-refractivity contribution in [2.45, 2.75) is 4.90 Å². The molecular formula is C8H9NO4S. The molecule has 2 rings (SSSR count). The predicted octanol–water partition coefficient (Wildman–Crippen LogP) is 0.968. The van der Waals surface area contributed by atoms with Crippen LogP contribution in [0.3, 0.4) is 0 Å². The summed E-state index contributed by atoms with van der Waals surface area (Å²) in [7, 11) is -0.0614. The first kappa shape index (κ1) is 9.60. The van der Waals surface area contributed by atoms with Gasteiger partial charge < -0.3 is 9.94 Å². The van der Waals surface area contributed by atoms with Crippen LogP contribution < -0.4 is 9.55 Å². The Bertz CT molecular complexity index is 404. The summed E-state index contributed by atoms with van der Waals surface area (Å²) in [5.41, 5.74) is 0.0997. The molecule has 1 N–H and O–H groups in total. The maximum absolute atomic E-state index is 11.5. The quantitative estimate of drug-likeness (QED) is 0.559. The molecule has 1 aromatic rings. The molecule has 14 heavy (non-hydrogen) atoms. The fraction of sp³-hybridized carbons (Fsp3) is 0.250. The first-order valence-corrected chi connectivity index (χ1v) is 5.26. The summed E-state index contributed by atoms with van der Waals surface area (Å²) >= 11 is 0. The summed E-state index contributed by atoms with van der Waals surface area (Å²) in [4.78, 5) is -1.29. The summed E-state index contributed by atoms with van der Waals surface area (Å²) in [6.07, 6.45) is 0. The van der Waals surface area contributed by atoms with Crippen molar-refractivity contribution in [3.8, 4) is 5.75 Å². The van der Waals surface area contributed by atoms with Gasteiger partial charge in [0.05, 0.1) is 7.11 Å². The van der Waals surface area contributed by atoms with Crippen LogP contribution in [-0.4, -0.2) is 22.4 Å². The van der Waals surface area contributed by atoms with Crippen LogP contribution in [0.1, 0.15) is 0 Å². The Kier molecular flexibility index (Phi) is 2.07. The number of ether oxygens (including phenoxy) is 1. The summed E-state index contributed by atoms with van der Waals surface area (Å²) in [5.74, 6) is 0.0149. The number of benzene rings is 1. The molecule has 0 saturated carbocycles. The van der Waals surface area contributed by atoms with E-state index in [4.69, 9.17) is 4.74 Å². The van der Waals surface area contributed by atoms with Crippen molar-refractivity contribution >= 4 is 16.5 Å². The Morgan fingerprint density at radius 2 is 2.36 bits per heavy atom. The van der Waals surface area contributed by atoms with Gasteiger partial charge in [0.25, 0.3) is 0 Å². The Hall–Kier alpha value is -0.950. The second-order valence-electron chi connectivity index (χ2n) is 2.98. The molecule has 6 heteroatoms. The average molecular weight is 215 g/mol. The normalized spacial score (nSPS) is 30.1. The number of nitrogens with zero attached hydrogens (tertiary/aromatic N) is 1. The molecule has 0 bridgehead atoms. The molecule has 5 nitrogen and oxygen atoms in total. The van der Waals surface area contributed by atoms with Gasteiger partial charge in [-0.1, -0.05) is 6.07 Å². The van der Waals surface area contributed by atoms with Crippen LogP contribution >= 0.6 is 0 Å². The van der Waals surface area contributed by atoms with E-state index in [0.717, 1.165) is 0 Å². The van der Waals surface area contributed by atoms with Crippen molar-refractivity contribution in [3.05, 3.63) is 23.4 Å². The van der Waals surface area contributed by atoms with Crippen molar-refractivity contribution in [2.75, 3.05) is 13.0 Å². The maximum Gasteiger partial charge on any atom is 0.194 e. The third kappa shape index (κ3) is 1.24. The van der Waals surface area contributed by atoms with Crippen LogP contribution in [0.25, 0.3) is 0 Å². The van der Waals surface area contributed by atoms with E-state index >= 15 is 0 Å². The lowest BCUT2D eigenvalue weighted by molar-refractivity contribution is -0.0106. The van der Waals surface area contributed by atoms with Crippen LogP contribution in [-0.2, 0) is 10.8 Å². The van der Waals surface area contributed by atoms with Gasteiger partial charge in [-0.2, -0.15) is 4.81 Å². The number of hydrogen-bond acceptors (Lipinski definition) is 4. The lowest BCUT2D eigenvalue weighted by Gasteiger charge is -2.26. The van der Waals surface area contributed by atoms with E-state index in [1.165, 1.54) is 13.2 Å². The fourth-order valence-electron chi connectivity index (χ4n) is 1.46. The number of methoxy groups -OCH3 is 1. The Balaban J connectivity index is 2.67. The van der Waals surface area contributed by atoms with Gasteiger partial charge in [-0.3, -0.25) is 0 Å². The molecule has 1 aliphatic heterocycles. The number of rotatable bonds is 1. The van der Waals surface area contributed by atoms with E-state index in [1.807, 2.05) is 0 Å². The third-order valence-corrected chi connectivity index (χ3v) is 3.52. The van der Waals surface area contributed by atoms with Gasteiger partial charge in [-0.15, -0.1) is 0 Å². The van der Waals surface area contributed by atoms with Gasteiger partial charge in [0, 0.05) is 6.07 Å². The van der Waals surface area contributed by atoms with Crippen molar-refractivity contribution in [1.29, 1.82) is 0 Å². The predicted molar refractivity (Wildman–Crippen MR) is 51.2 cm³/mol. The molecule has 0 spiro atoms. The molecule has 2 unspecified atom stereocenters. The van der Waals surface area contributed by atoms with Gasteiger partial charge in [0.1, 0.15) is 16.5 Å². The summed E-state index contributed by atoms with van der Waals surface area (Å²) in [5, 5.41) is 20.8. The molecule has 0 saturated heterocycles. The molecule has 0 fully saturated rings. The Labute approximate surface area is 83.1 Å². The maximum atomic E-state index is 11.5. The molecule has 0 aromatic heterocycles. The van der Waals surface area contributed by atoms with Gasteiger partial charge in [0.15, 0.2) is 16.5 Å². The fourth-order valence-corrected chi connectivity index (χ4v) is 2.87. The lowest BCUT2D eigenvalue weighted by atomic mass is 10.3. The highest BCUT2D eigenvalue weighted by atomic mass is 32.2. The zero-order valence-corrected chi connectivity index (χ0v) is 8.28. The van der Waals surface area contributed by atoms with Crippen molar-refractivity contribution in [1.82, 2.24) is 4.81 Å². The minimum atomic E-state index is -1.58. The van der Waals surface area contributed by atoms with Gasteiger partial charge in [-0.05, 0) is 6.07 Å². The minimum Gasteiger partial charge on any atom is -0.592 e. The smallest absolute Gasteiger partial charge is 0.194 e. The van der Waals surface area contributed by atoms with Crippen LogP contribution in [0.4, 0.5) is 5.69 Å². The molecule has 1 aliphatic rings. The third-order valence-electron chi connectivity index (χ3n) is 2.07. The van der Waals surface area contributed by atoms with Crippen LogP contribution in [0.15, 0.2) is 23.1 Å². The molecule has 1 heterocycles. The van der Waals surface area contributed by atoms with E-state index in [9.17, 15) is 14.6 Å². The van der Waals surface area contributed by atoms with Crippen LogP contribution in [0.5, 0.6) is 5.75 Å². The first-order valence-electron chi connectivity index (χ1n) is 3.94. The molecule has 0 radical (unpaired) electrons. The standard InChI is InChI=1S/C8H9NO4S/c1-13-7-4-2-3-6-8(7)14(12)5-9(6,10)11/h2-4,10H,5H2,1H3. The topological polar surface area (TPSA) is 69.6 Å². The van der Waals surface area contributed by atoms with E-state index in [1.54, 1.807) is 12.1 Å². The number of hydroxylamine groups is 2. The van der Waals surface area contributed by atoms with Gasteiger partial charge in [-0.25, -0.2) is 9.42 Å². The first-order chi connectivity index (χ1) is 6.56. The van der Waals surface area contributed by atoms with Crippen molar-refractivity contribution < 1.29 is 14.2 Å². The average Bonchev–Trinajstić information content (AvgIpc) is 2.38. The number of fused-ring (bicyclic) bond motifs is 1. The van der Waals surface area contributed by atoms with Gasteiger partial charge in [0.2, 0.25) is 0 Å². The largest absolute Gasteiger partial charge is 0.592 e. The molecule has 0 amide bonds. The molecular weight excluding hydrogens is 206 g/mol. The zero-order valence-electron chi connectivity index (χ0n) is 7.47. The second kappa shape index (κ2) is 3.03. The van der Waals surface area contributed by atoms with Crippen LogP contribution in [0, 0.1) is 5.21 Å². The van der Waals surface area contributed by atoms with Crippen LogP contribution in [0.2, 0.25) is 0 Å². The highest BCUT2D eigenvalue weighted by molar-refractivity contribution is 7.85. The highest BCUT2D eigenvalue weighted by Crippen LogP contribution is 2.40. The summed E-state index contributed by atoms with van der Waals surface area (Å²) < 4.78 is 16.5. The van der Waals surface area contributed by atoms with E-state index in [0.29, 0.717) is 10.6 Å². The van der Waals surface area contributed by atoms with E-state index in [2.05, 4.69) is 0 Å². The molecule has 2 atom stereocenters.